The lowest BCUT2D eigenvalue weighted by Crippen LogP contribution is -2.37. The largest absolute Gasteiger partial charge is 0.445 e. The van der Waals surface area contributed by atoms with E-state index in [0.29, 0.717) is 24.6 Å². The first-order valence-electron chi connectivity index (χ1n) is 11.3. The van der Waals surface area contributed by atoms with E-state index in [0.717, 1.165) is 34.5 Å². The van der Waals surface area contributed by atoms with Gasteiger partial charge in [0.05, 0.1) is 10.9 Å². The topological polar surface area (TPSA) is 113 Å². The fourth-order valence-corrected chi connectivity index (χ4v) is 4.36. The minimum absolute atomic E-state index is 0.208. The summed E-state index contributed by atoms with van der Waals surface area (Å²) in [6.07, 6.45) is 2.30. The van der Waals surface area contributed by atoms with Gasteiger partial charge in [-0.1, -0.05) is 50.2 Å². The quantitative estimate of drug-likeness (QED) is 0.527. The summed E-state index contributed by atoms with van der Waals surface area (Å²) >= 11 is 0. The van der Waals surface area contributed by atoms with Crippen LogP contribution in [0.2, 0.25) is 0 Å². The first-order chi connectivity index (χ1) is 16.6. The molecule has 2 amide bonds. The number of hydrogen-bond acceptors (Lipinski definition) is 6. The van der Waals surface area contributed by atoms with E-state index in [2.05, 4.69) is 5.32 Å². The highest BCUT2D eigenvalue weighted by atomic mass is 32.2. The number of fused-ring (bicyclic) bond motifs is 1. The number of carbonyl (C=O) groups excluding carboxylic acids is 3. The Bertz CT molecular complexity index is 1100. The molecule has 1 heterocycles. The number of amides is 2. The molecule has 0 bridgehead atoms. The molecular weight excluding hydrogens is 470 g/mol. The highest BCUT2D eigenvalue weighted by Gasteiger charge is 2.23. The zero-order chi connectivity index (χ0) is 26.0. The van der Waals surface area contributed by atoms with Gasteiger partial charge in [-0.25, -0.2) is 17.5 Å². The zero-order valence-corrected chi connectivity index (χ0v) is 21.3. The smallest absolute Gasteiger partial charge is 0.408 e. The van der Waals surface area contributed by atoms with E-state index in [1.807, 2.05) is 44.2 Å². The molecule has 0 spiro atoms. The standard InChI is InChI=1S/C14H19NO3.C11H14N2O3S/c1-11(2)8-13(9-16)15-14(17)18-10-12-6-4-3-5-7-12;1-12(2)17(15,16)10-4-3-9-5-6-13(8-14)11(9)7-10/h3-7,9,11,13H,8,10H2,1-2H3,(H,15,17);3-4,7-8H,5-6H2,1-2H3. The minimum Gasteiger partial charge on any atom is -0.445 e. The first kappa shape index (κ1) is 28.0. The molecule has 2 aromatic rings. The summed E-state index contributed by atoms with van der Waals surface area (Å²) in [4.78, 5) is 34.8. The van der Waals surface area contributed by atoms with Crippen molar-refractivity contribution in [3.8, 4) is 0 Å². The molecule has 10 heteroatoms. The Morgan fingerprint density at radius 2 is 1.83 bits per heavy atom. The normalized spacial score (nSPS) is 13.5. The Kier molecular flexibility index (Phi) is 10.4. The fourth-order valence-electron chi connectivity index (χ4n) is 3.44. The molecule has 190 valence electrons. The number of anilines is 1. The summed E-state index contributed by atoms with van der Waals surface area (Å²) in [5, 5.41) is 2.54. The molecule has 0 fully saturated rings. The average Bonchev–Trinajstić information content (AvgIpc) is 3.25. The van der Waals surface area contributed by atoms with Gasteiger partial charge in [0, 0.05) is 26.3 Å². The number of aldehydes is 1. The summed E-state index contributed by atoms with van der Waals surface area (Å²) in [5.41, 5.74) is 2.62. The molecule has 1 atom stereocenters. The van der Waals surface area contributed by atoms with E-state index < -0.39 is 22.2 Å². The van der Waals surface area contributed by atoms with Crippen molar-refractivity contribution in [2.24, 2.45) is 5.92 Å². The molecule has 3 rings (SSSR count). The maximum atomic E-state index is 11.9. The molecule has 0 saturated carbocycles. The SMILES string of the molecule is CC(C)CC(C=O)NC(=O)OCc1ccccc1.CN(C)S(=O)(=O)c1ccc2c(c1)N(C=O)CC2. The number of benzene rings is 2. The molecular formula is C25H33N3O6S. The van der Waals surface area contributed by atoms with Crippen molar-refractivity contribution in [1.29, 1.82) is 0 Å². The molecule has 1 aliphatic rings. The third-order valence-electron chi connectivity index (χ3n) is 5.30. The monoisotopic (exact) mass is 503 g/mol. The van der Waals surface area contributed by atoms with Crippen LogP contribution < -0.4 is 10.2 Å². The van der Waals surface area contributed by atoms with Crippen molar-refractivity contribution in [3.05, 3.63) is 59.7 Å². The van der Waals surface area contributed by atoms with E-state index in [1.54, 1.807) is 18.2 Å². The molecule has 1 unspecified atom stereocenters. The second-order valence-corrected chi connectivity index (χ2v) is 10.9. The molecule has 0 aromatic heterocycles. The third kappa shape index (κ3) is 8.18. The molecule has 9 nitrogen and oxygen atoms in total. The van der Waals surface area contributed by atoms with Crippen LogP contribution in [-0.4, -0.2) is 58.2 Å². The molecule has 2 aromatic carbocycles. The van der Waals surface area contributed by atoms with Gasteiger partial charge in [0.15, 0.2) is 0 Å². The summed E-state index contributed by atoms with van der Waals surface area (Å²) < 4.78 is 30.1. The number of ether oxygens (including phenoxy) is 1. The summed E-state index contributed by atoms with van der Waals surface area (Å²) in [6.45, 7) is 4.81. The van der Waals surface area contributed by atoms with E-state index >= 15 is 0 Å². The maximum Gasteiger partial charge on any atom is 0.408 e. The van der Waals surface area contributed by atoms with Crippen molar-refractivity contribution in [3.63, 3.8) is 0 Å². The second kappa shape index (κ2) is 13.0. The Balaban J connectivity index is 0.000000247. The average molecular weight is 504 g/mol. The Labute approximate surface area is 207 Å². The number of alkyl carbamates (subject to hydrolysis) is 1. The minimum atomic E-state index is -3.44. The van der Waals surface area contributed by atoms with Crippen molar-refractivity contribution in [2.75, 3.05) is 25.5 Å². The van der Waals surface area contributed by atoms with Crippen LogP contribution in [-0.2, 0) is 37.4 Å². The number of nitrogens with zero attached hydrogens (tertiary/aromatic N) is 2. The number of hydrogen-bond donors (Lipinski definition) is 1. The van der Waals surface area contributed by atoms with E-state index in [4.69, 9.17) is 4.74 Å². The lowest BCUT2D eigenvalue weighted by molar-refractivity contribution is -0.110. The summed E-state index contributed by atoms with van der Waals surface area (Å²) in [5.74, 6) is 0.342. The van der Waals surface area contributed by atoms with Crippen LogP contribution in [0, 0.1) is 5.92 Å². The van der Waals surface area contributed by atoms with Crippen LogP contribution in [0.3, 0.4) is 0 Å². The van der Waals surface area contributed by atoms with Gasteiger partial charge in [-0.3, -0.25) is 4.79 Å². The summed E-state index contributed by atoms with van der Waals surface area (Å²) in [7, 11) is -0.467. The van der Waals surface area contributed by atoms with Crippen molar-refractivity contribution in [2.45, 2.75) is 44.2 Å². The van der Waals surface area contributed by atoms with E-state index in [-0.39, 0.29) is 11.5 Å². The molecule has 35 heavy (non-hydrogen) atoms. The maximum absolute atomic E-state index is 11.9. The number of carbonyl (C=O) groups is 3. The van der Waals surface area contributed by atoms with Crippen LogP contribution in [0.1, 0.15) is 31.4 Å². The predicted octanol–water partition coefficient (Wildman–Crippen LogP) is 2.98. The first-order valence-corrected chi connectivity index (χ1v) is 12.7. The molecule has 0 radical (unpaired) electrons. The zero-order valence-electron chi connectivity index (χ0n) is 20.5. The lowest BCUT2D eigenvalue weighted by atomic mass is 10.1. The van der Waals surface area contributed by atoms with Gasteiger partial charge in [0.25, 0.3) is 0 Å². The van der Waals surface area contributed by atoms with Gasteiger partial charge in [-0.05, 0) is 42.0 Å². The molecule has 1 N–H and O–H groups in total. The number of nitrogens with one attached hydrogen (secondary N) is 1. The van der Waals surface area contributed by atoms with Crippen LogP contribution in [0.25, 0.3) is 0 Å². The highest BCUT2D eigenvalue weighted by molar-refractivity contribution is 7.89. The van der Waals surface area contributed by atoms with Crippen LogP contribution in [0.5, 0.6) is 0 Å². The van der Waals surface area contributed by atoms with Crippen LogP contribution in [0.15, 0.2) is 53.4 Å². The predicted molar refractivity (Wildman–Crippen MR) is 133 cm³/mol. The summed E-state index contributed by atoms with van der Waals surface area (Å²) in [6, 6.07) is 13.8. The third-order valence-corrected chi connectivity index (χ3v) is 7.11. The van der Waals surface area contributed by atoms with E-state index in [1.165, 1.54) is 19.0 Å². The van der Waals surface area contributed by atoms with Gasteiger partial charge in [-0.15, -0.1) is 0 Å². The van der Waals surface area contributed by atoms with Gasteiger partial charge in [-0.2, -0.15) is 0 Å². The lowest BCUT2D eigenvalue weighted by Gasteiger charge is -2.14. The Morgan fingerprint density at radius 3 is 2.40 bits per heavy atom. The van der Waals surface area contributed by atoms with Crippen molar-refractivity contribution in [1.82, 2.24) is 9.62 Å². The molecule has 0 saturated heterocycles. The Morgan fingerprint density at radius 1 is 1.14 bits per heavy atom. The number of rotatable bonds is 9. The highest BCUT2D eigenvalue weighted by Crippen LogP contribution is 2.30. The Hall–Kier alpha value is -3.24. The molecule has 0 aliphatic carbocycles. The van der Waals surface area contributed by atoms with Crippen LogP contribution in [0.4, 0.5) is 10.5 Å². The van der Waals surface area contributed by atoms with Crippen molar-refractivity contribution < 1.29 is 27.5 Å². The molecule has 1 aliphatic heterocycles. The van der Waals surface area contributed by atoms with Gasteiger partial charge < -0.3 is 19.7 Å². The van der Waals surface area contributed by atoms with Gasteiger partial charge >= 0.3 is 6.09 Å². The van der Waals surface area contributed by atoms with Gasteiger partial charge in [0.1, 0.15) is 12.9 Å². The van der Waals surface area contributed by atoms with Crippen molar-refractivity contribution >= 4 is 34.5 Å². The van der Waals surface area contributed by atoms with Gasteiger partial charge in [0.2, 0.25) is 16.4 Å². The van der Waals surface area contributed by atoms with Crippen LogP contribution >= 0.6 is 0 Å². The van der Waals surface area contributed by atoms with E-state index in [9.17, 15) is 22.8 Å². The fraction of sp³-hybridized carbons (Fsp3) is 0.400. The number of sulfonamides is 1. The second-order valence-electron chi connectivity index (χ2n) is 8.70.